The summed E-state index contributed by atoms with van der Waals surface area (Å²) in [7, 11) is 1.58. The average molecular weight is 304 g/mol. The fraction of sp³-hybridized carbons (Fsp3) is 0.200. The summed E-state index contributed by atoms with van der Waals surface area (Å²) < 4.78 is 5.17. The number of carbonyl (C=O) groups is 2. The molecule has 0 atom stereocenters. The van der Waals surface area contributed by atoms with Crippen LogP contribution in [-0.4, -0.2) is 24.6 Å². The Labute approximate surface area is 127 Å². The van der Waals surface area contributed by atoms with Crippen molar-refractivity contribution in [3.8, 4) is 0 Å². The highest BCUT2D eigenvalue weighted by molar-refractivity contribution is 8.00. The first-order valence-electron chi connectivity index (χ1n) is 6.39. The lowest BCUT2D eigenvalue weighted by molar-refractivity contribution is -0.113. The number of hydrogen-bond donors (Lipinski definition) is 2. The second-order valence-corrected chi connectivity index (χ2v) is 5.35. The van der Waals surface area contributed by atoms with Gasteiger partial charge in [-0.25, -0.2) is 0 Å². The third-order valence-electron chi connectivity index (χ3n) is 2.83. The predicted octanol–water partition coefficient (Wildman–Crippen LogP) is 2.68. The topological polar surface area (TPSA) is 71.3 Å². The van der Waals surface area contributed by atoms with Gasteiger partial charge in [-0.3, -0.25) is 9.59 Å². The number of thioether (sulfide) groups is 1. The molecular weight excluding hydrogens is 288 g/mol. The van der Waals surface area contributed by atoms with E-state index < -0.39 is 0 Å². The second kappa shape index (κ2) is 6.99. The van der Waals surface area contributed by atoms with Gasteiger partial charge in [-0.15, -0.1) is 11.8 Å². The SMILES string of the molecule is CNC(=O)c1ccc(NC(=O)CSc2ccoc2C)cc1. The summed E-state index contributed by atoms with van der Waals surface area (Å²) in [4.78, 5) is 24.2. The Balaban J connectivity index is 1.88. The van der Waals surface area contributed by atoms with Crippen LogP contribution in [-0.2, 0) is 4.79 Å². The molecule has 6 heteroatoms. The molecule has 0 saturated carbocycles. The predicted molar refractivity (Wildman–Crippen MR) is 82.6 cm³/mol. The van der Waals surface area contributed by atoms with Gasteiger partial charge in [0.05, 0.1) is 12.0 Å². The zero-order valence-electron chi connectivity index (χ0n) is 11.8. The molecule has 110 valence electrons. The van der Waals surface area contributed by atoms with Crippen LogP contribution in [0.15, 0.2) is 45.9 Å². The van der Waals surface area contributed by atoms with E-state index in [-0.39, 0.29) is 11.8 Å². The van der Waals surface area contributed by atoms with Gasteiger partial charge in [0.2, 0.25) is 5.91 Å². The minimum absolute atomic E-state index is 0.103. The van der Waals surface area contributed by atoms with Crippen molar-refractivity contribution in [2.75, 3.05) is 18.1 Å². The molecular formula is C15H16N2O3S. The highest BCUT2D eigenvalue weighted by Crippen LogP contribution is 2.23. The summed E-state index contributed by atoms with van der Waals surface area (Å²) in [5, 5.41) is 5.33. The summed E-state index contributed by atoms with van der Waals surface area (Å²) in [6, 6.07) is 8.58. The molecule has 0 aliphatic heterocycles. The molecule has 21 heavy (non-hydrogen) atoms. The van der Waals surface area contributed by atoms with Crippen LogP contribution in [0.4, 0.5) is 5.69 Å². The molecule has 0 unspecified atom stereocenters. The number of anilines is 1. The Morgan fingerprint density at radius 1 is 1.19 bits per heavy atom. The number of rotatable bonds is 5. The van der Waals surface area contributed by atoms with E-state index in [1.807, 2.05) is 13.0 Å². The number of nitrogens with one attached hydrogen (secondary N) is 2. The lowest BCUT2D eigenvalue weighted by Crippen LogP contribution is -2.18. The summed E-state index contributed by atoms with van der Waals surface area (Å²) in [6.45, 7) is 1.86. The Morgan fingerprint density at radius 2 is 1.90 bits per heavy atom. The fourth-order valence-corrected chi connectivity index (χ4v) is 2.47. The minimum atomic E-state index is -0.154. The monoisotopic (exact) mass is 304 g/mol. The standard InChI is InChI=1S/C15H16N2O3S/c1-10-13(7-8-20-10)21-9-14(18)17-12-5-3-11(4-6-12)15(19)16-2/h3-8H,9H2,1-2H3,(H,16,19)(H,17,18). The number of hydrogen-bond acceptors (Lipinski definition) is 4. The molecule has 0 aliphatic rings. The Morgan fingerprint density at radius 3 is 2.48 bits per heavy atom. The van der Waals surface area contributed by atoms with E-state index in [4.69, 9.17) is 4.42 Å². The fourth-order valence-electron chi connectivity index (χ4n) is 1.71. The van der Waals surface area contributed by atoms with Crippen molar-refractivity contribution < 1.29 is 14.0 Å². The summed E-state index contributed by atoms with van der Waals surface area (Å²) in [5.41, 5.74) is 1.22. The van der Waals surface area contributed by atoms with E-state index in [1.54, 1.807) is 37.6 Å². The van der Waals surface area contributed by atoms with E-state index in [2.05, 4.69) is 10.6 Å². The lowest BCUT2D eigenvalue weighted by Gasteiger charge is -2.06. The van der Waals surface area contributed by atoms with Crippen molar-refractivity contribution in [3.05, 3.63) is 47.9 Å². The number of aryl methyl sites for hydroxylation is 1. The largest absolute Gasteiger partial charge is 0.468 e. The van der Waals surface area contributed by atoms with Crippen molar-refractivity contribution in [1.29, 1.82) is 0 Å². The smallest absolute Gasteiger partial charge is 0.251 e. The van der Waals surface area contributed by atoms with Crippen molar-refractivity contribution in [2.24, 2.45) is 0 Å². The number of amides is 2. The average Bonchev–Trinajstić information content (AvgIpc) is 2.90. The van der Waals surface area contributed by atoms with Crippen LogP contribution in [0.5, 0.6) is 0 Å². The molecule has 0 bridgehead atoms. The normalized spacial score (nSPS) is 10.2. The van der Waals surface area contributed by atoms with Crippen molar-refractivity contribution >= 4 is 29.3 Å². The summed E-state index contributed by atoms with van der Waals surface area (Å²) in [6.07, 6.45) is 1.60. The number of benzene rings is 1. The maximum atomic E-state index is 11.9. The van der Waals surface area contributed by atoms with Gasteiger partial charge in [0.25, 0.3) is 5.91 Å². The lowest BCUT2D eigenvalue weighted by atomic mass is 10.2. The Hall–Kier alpha value is -2.21. The Kier molecular flexibility index (Phi) is 5.05. The highest BCUT2D eigenvalue weighted by Gasteiger charge is 2.08. The molecule has 0 aliphatic carbocycles. The van der Waals surface area contributed by atoms with Gasteiger partial charge in [0, 0.05) is 23.2 Å². The van der Waals surface area contributed by atoms with Crippen LogP contribution < -0.4 is 10.6 Å². The number of carbonyl (C=O) groups excluding carboxylic acids is 2. The van der Waals surface area contributed by atoms with Crippen molar-refractivity contribution in [2.45, 2.75) is 11.8 Å². The zero-order chi connectivity index (χ0) is 15.2. The maximum absolute atomic E-state index is 11.9. The maximum Gasteiger partial charge on any atom is 0.251 e. The third kappa shape index (κ3) is 4.13. The molecule has 2 rings (SSSR count). The van der Waals surface area contributed by atoms with Gasteiger partial charge >= 0.3 is 0 Å². The zero-order valence-corrected chi connectivity index (χ0v) is 12.6. The van der Waals surface area contributed by atoms with E-state index in [0.717, 1.165) is 10.7 Å². The van der Waals surface area contributed by atoms with Gasteiger partial charge in [0.1, 0.15) is 5.76 Å². The molecule has 0 radical (unpaired) electrons. The van der Waals surface area contributed by atoms with Gasteiger partial charge in [-0.2, -0.15) is 0 Å². The van der Waals surface area contributed by atoms with E-state index >= 15 is 0 Å². The van der Waals surface area contributed by atoms with E-state index in [1.165, 1.54) is 11.8 Å². The molecule has 0 fully saturated rings. The van der Waals surface area contributed by atoms with Gasteiger partial charge in [-0.1, -0.05) is 0 Å². The van der Waals surface area contributed by atoms with Crippen LogP contribution in [0.3, 0.4) is 0 Å². The van der Waals surface area contributed by atoms with E-state index in [9.17, 15) is 9.59 Å². The third-order valence-corrected chi connectivity index (χ3v) is 3.97. The van der Waals surface area contributed by atoms with Crippen LogP contribution in [0, 0.1) is 6.92 Å². The summed E-state index contributed by atoms with van der Waals surface area (Å²) in [5.74, 6) is 0.854. The quantitative estimate of drug-likeness (QED) is 0.833. The molecule has 2 aromatic rings. The first-order chi connectivity index (χ1) is 10.1. The molecule has 1 heterocycles. The van der Waals surface area contributed by atoms with Crippen LogP contribution in [0.1, 0.15) is 16.1 Å². The highest BCUT2D eigenvalue weighted by atomic mass is 32.2. The van der Waals surface area contributed by atoms with Crippen molar-refractivity contribution in [3.63, 3.8) is 0 Å². The van der Waals surface area contributed by atoms with Crippen LogP contribution in [0.2, 0.25) is 0 Å². The first kappa shape index (κ1) is 15.2. The van der Waals surface area contributed by atoms with Crippen LogP contribution >= 0.6 is 11.8 Å². The molecule has 2 amide bonds. The van der Waals surface area contributed by atoms with Crippen molar-refractivity contribution in [1.82, 2.24) is 5.32 Å². The van der Waals surface area contributed by atoms with Gasteiger partial charge < -0.3 is 15.1 Å². The molecule has 0 spiro atoms. The number of furan rings is 1. The molecule has 0 saturated heterocycles. The molecule has 2 N–H and O–H groups in total. The van der Waals surface area contributed by atoms with Crippen LogP contribution in [0.25, 0.3) is 0 Å². The molecule has 5 nitrogen and oxygen atoms in total. The van der Waals surface area contributed by atoms with Gasteiger partial charge in [0.15, 0.2) is 0 Å². The molecule has 1 aromatic carbocycles. The first-order valence-corrected chi connectivity index (χ1v) is 7.37. The molecule has 1 aromatic heterocycles. The minimum Gasteiger partial charge on any atom is -0.468 e. The van der Waals surface area contributed by atoms with E-state index in [0.29, 0.717) is 17.0 Å². The van der Waals surface area contributed by atoms with Gasteiger partial charge in [-0.05, 0) is 37.3 Å². The second-order valence-electron chi connectivity index (χ2n) is 4.33. The summed E-state index contributed by atoms with van der Waals surface area (Å²) >= 11 is 1.42. The Bertz CT molecular complexity index is 635.